The van der Waals surface area contributed by atoms with E-state index in [1.54, 1.807) is 0 Å². The van der Waals surface area contributed by atoms with Crippen LogP contribution in [-0.2, 0) is 11.2 Å². The molecule has 0 aromatic heterocycles. The van der Waals surface area contributed by atoms with Gasteiger partial charge in [-0.3, -0.25) is 4.79 Å². The van der Waals surface area contributed by atoms with Crippen LogP contribution in [0.15, 0.2) is 18.2 Å². The first kappa shape index (κ1) is 14.2. The fraction of sp³-hybridized carbons (Fsp3) is 0.533. The highest BCUT2D eigenvalue weighted by molar-refractivity contribution is 5.82. The van der Waals surface area contributed by atoms with Crippen molar-refractivity contribution in [1.29, 1.82) is 0 Å². The second kappa shape index (κ2) is 6.32. The Morgan fingerprint density at radius 3 is 2.90 bits per heavy atom. The molecule has 2 heterocycles. The Hall–Kier alpha value is -1.79. The summed E-state index contributed by atoms with van der Waals surface area (Å²) < 4.78 is 11.0. The standard InChI is InChI=1S/C15H20N2O4/c18-11-8-12(17-9-11)15(19)16-4-3-10-1-2-13-14(7-10)21-6-5-20-13/h1-2,7,11-12,17-18H,3-6,8-9H2,(H,16,19)/t11-,12+/m1/s1. The van der Waals surface area contributed by atoms with Gasteiger partial charge in [-0.1, -0.05) is 6.07 Å². The van der Waals surface area contributed by atoms with Crippen molar-refractivity contribution in [2.24, 2.45) is 0 Å². The summed E-state index contributed by atoms with van der Waals surface area (Å²) in [7, 11) is 0. The minimum absolute atomic E-state index is 0.0518. The minimum atomic E-state index is -0.418. The van der Waals surface area contributed by atoms with Crippen molar-refractivity contribution in [3.8, 4) is 11.5 Å². The fourth-order valence-electron chi connectivity index (χ4n) is 2.61. The molecule has 6 heteroatoms. The topological polar surface area (TPSA) is 79.8 Å². The maximum absolute atomic E-state index is 11.9. The highest BCUT2D eigenvalue weighted by Gasteiger charge is 2.27. The lowest BCUT2D eigenvalue weighted by Gasteiger charge is -2.19. The summed E-state index contributed by atoms with van der Waals surface area (Å²) in [5.41, 5.74) is 1.10. The van der Waals surface area contributed by atoms with E-state index < -0.39 is 6.10 Å². The van der Waals surface area contributed by atoms with Gasteiger partial charge in [-0.25, -0.2) is 0 Å². The first-order valence-electron chi connectivity index (χ1n) is 7.30. The van der Waals surface area contributed by atoms with Crippen LogP contribution in [0, 0.1) is 0 Å². The van der Waals surface area contributed by atoms with Crippen molar-refractivity contribution in [3.63, 3.8) is 0 Å². The number of ether oxygens (including phenoxy) is 2. The van der Waals surface area contributed by atoms with Crippen molar-refractivity contribution in [1.82, 2.24) is 10.6 Å². The summed E-state index contributed by atoms with van der Waals surface area (Å²) in [4.78, 5) is 11.9. The molecule has 0 radical (unpaired) electrons. The predicted molar refractivity (Wildman–Crippen MR) is 76.6 cm³/mol. The second-order valence-corrected chi connectivity index (χ2v) is 5.37. The fourth-order valence-corrected chi connectivity index (χ4v) is 2.61. The summed E-state index contributed by atoms with van der Waals surface area (Å²) in [5, 5.41) is 15.3. The van der Waals surface area contributed by atoms with E-state index in [9.17, 15) is 9.90 Å². The molecule has 0 bridgehead atoms. The third kappa shape index (κ3) is 3.46. The van der Waals surface area contributed by atoms with E-state index in [-0.39, 0.29) is 11.9 Å². The van der Waals surface area contributed by atoms with E-state index in [1.807, 2.05) is 18.2 Å². The number of carbonyl (C=O) groups is 1. The number of nitrogens with one attached hydrogen (secondary N) is 2. The van der Waals surface area contributed by atoms with Crippen molar-refractivity contribution in [2.45, 2.75) is 25.0 Å². The number of fused-ring (bicyclic) bond motifs is 1. The van der Waals surface area contributed by atoms with Gasteiger partial charge in [0.05, 0.1) is 12.1 Å². The molecular formula is C15H20N2O4. The van der Waals surface area contributed by atoms with Crippen molar-refractivity contribution < 1.29 is 19.4 Å². The smallest absolute Gasteiger partial charge is 0.237 e. The molecular weight excluding hydrogens is 272 g/mol. The molecule has 3 N–H and O–H groups in total. The van der Waals surface area contributed by atoms with E-state index in [2.05, 4.69) is 10.6 Å². The SMILES string of the molecule is O=C(NCCc1ccc2c(c1)OCCO2)[C@@H]1C[C@@H](O)CN1. The van der Waals surface area contributed by atoms with Crippen LogP contribution in [0.2, 0.25) is 0 Å². The molecule has 0 spiro atoms. The molecule has 2 aliphatic rings. The van der Waals surface area contributed by atoms with Gasteiger partial charge in [-0.15, -0.1) is 0 Å². The lowest BCUT2D eigenvalue weighted by atomic mass is 10.1. The first-order valence-corrected chi connectivity index (χ1v) is 7.30. The van der Waals surface area contributed by atoms with Crippen molar-refractivity contribution >= 4 is 5.91 Å². The Morgan fingerprint density at radius 1 is 1.33 bits per heavy atom. The number of carbonyl (C=O) groups excluding carboxylic acids is 1. The quantitative estimate of drug-likeness (QED) is 0.718. The molecule has 2 atom stereocenters. The second-order valence-electron chi connectivity index (χ2n) is 5.37. The number of aliphatic hydroxyl groups is 1. The van der Waals surface area contributed by atoms with Crippen LogP contribution in [0.4, 0.5) is 0 Å². The molecule has 0 saturated carbocycles. The van der Waals surface area contributed by atoms with Gasteiger partial charge in [0, 0.05) is 13.1 Å². The van der Waals surface area contributed by atoms with Crippen LogP contribution >= 0.6 is 0 Å². The van der Waals surface area contributed by atoms with Crippen LogP contribution in [0.25, 0.3) is 0 Å². The maximum Gasteiger partial charge on any atom is 0.237 e. The third-order valence-corrected chi connectivity index (χ3v) is 3.74. The highest BCUT2D eigenvalue weighted by Crippen LogP contribution is 2.30. The number of hydrogen-bond acceptors (Lipinski definition) is 5. The van der Waals surface area contributed by atoms with Crippen LogP contribution < -0.4 is 20.1 Å². The minimum Gasteiger partial charge on any atom is -0.486 e. The molecule has 3 rings (SSSR count). The van der Waals surface area contributed by atoms with E-state index in [1.165, 1.54) is 0 Å². The Labute approximate surface area is 123 Å². The number of hydrogen-bond donors (Lipinski definition) is 3. The lowest BCUT2D eigenvalue weighted by molar-refractivity contribution is -0.122. The average Bonchev–Trinajstić information content (AvgIpc) is 2.94. The summed E-state index contributed by atoms with van der Waals surface area (Å²) in [6, 6.07) is 5.57. The number of benzene rings is 1. The van der Waals surface area contributed by atoms with E-state index in [4.69, 9.17) is 9.47 Å². The molecule has 6 nitrogen and oxygen atoms in total. The molecule has 21 heavy (non-hydrogen) atoms. The average molecular weight is 292 g/mol. The number of β-amino-alcohol motifs (C(OH)–C–C–N with tert-alkyl or cyclic N) is 1. The maximum atomic E-state index is 11.9. The third-order valence-electron chi connectivity index (χ3n) is 3.74. The van der Waals surface area contributed by atoms with Gasteiger partial charge in [-0.05, 0) is 30.5 Å². The van der Waals surface area contributed by atoms with E-state index in [0.29, 0.717) is 32.7 Å². The summed E-state index contributed by atoms with van der Waals surface area (Å²) in [6.45, 7) is 2.21. The Balaban J connectivity index is 1.48. The van der Waals surface area contributed by atoms with Crippen molar-refractivity contribution in [2.75, 3.05) is 26.3 Å². The summed E-state index contributed by atoms with van der Waals surface area (Å²) in [6.07, 6.45) is 0.798. The van der Waals surface area contributed by atoms with Gasteiger partial charge in [0.1, 0.15) is 13.2 Å². The zero-order valence-electron chi connectivity index (χ0n) is 11.8. The highest BCUT2D eigenvalue weighted by atomic mass is 16.6. The Kier molecular flexibility index (Phi) is 4.26. The predicted octanol–water partition coefficient (Wildman–Crippen LogP) is -0.161. The first-order chi connectivity index (χ1) is 10.2. The van der Waals surface area contributed by atoms with Gasteiger partial charge in [-0.2, -0.15) is 0 Å². The Bertz CT molecular complexity index is 520. The molecule has 0 unspecified atom stereocenters. The molecule has 1 aromatic rings. The van der Waals surface area contributed by atoms with Gasteiger partial charge in [0.25, 0.3) is 0 Å². The number of aliphatic hydroxyl groups excluding tert-OH is 1. The molecule has 0 aliphatic carbocycles. The summed E-state index contributed by atoms with van der Waals surface area (Å²) in [5.74, 6) is 1.49. The Morgan fingerprint density at radius 2 is 2.14 bits per heavy atom. The zero-order chi connectivity index (χ0) is 14.7. The normalized spacial score (nSPS) is 23.9. The number of amides is 1. The largest absolute Gasteiger partial charge is 0.486 e. The molecule has 1 saturated heterocycles. The summed E-state index contributed by atoms with van der Waals surface area (Å²) >= 11 is 0. The van der Waals surface area contributed by atoms with Gasteiger partial charge in [0.15, 0.2) is 11.5 Å². The lowest BCUT2D eigenvalue weighted by Crippen LogP contribution is -2.41. The molecule has 1 aromatic carbocycles. The van der Waals surface area contributed by atoms with Gasteiger partial charge >= 0.3 is 0 Å². The van der Waals surface area contributed by atoms with Gasteiger partial charge < -0.3 is 25.2 Å². The van der Waals surface area contributed by atoms with Crippen LogP contribution in [0.1, 0.15) is 12.0 Å². The number of rotatable bonds is 4. The molecule has 1 fully saturated rings. The van der Waals surface area contributed by atoms with Gasteiger partial charge in [0.2, 0.25) is 5.91 Å². The van der Waals surface area contributed by atoms with Crippen LogP contribution in [-0.4, -0.2) is 49.5 Å². The zero-order valence-corrected chi connectivity index (χ0v) is 11.8. The van der Waals surface area contributed by atoms with E-state index >= 15 is 0 Å². The van der Waals surface area contributed by atoms with Crippen LogP contribution in [0.5, 0.6) is 11.5 Å². The molecule has 2 aliphatic heterocycles. The van der Waals surface area contributed by atoms with Crippen molar-refractivity contribution in [3.05, 3.63) is 23.8 Å². The molecule has 1 amide bonds. The van der Waals surface area contributed by atoms with E-state index in [0.717, 1.165) is 23.5 Å². The molecule has 114 valence electrons. The monoisotopic (exact) mass is 292 g/mol. The van der Waals surface area contributed by atoms with Crippen LogP contribution in [0.3, 0.4) is 0 Å².